The van der Waals surface area contributed by atoms with Gasteiger partial charge in [-0.3, -0.25) is 0 Å². The molecule has 0 N–H and O–H groups in total. The molecule has 17 heavy (non-hydrogen) atoms. The minimum atomic E-state index is 1.07. The van der Waals surface area contributed by atoms with Crippen LogP contribution in [0, 0.1) is 6.92 Å². The molecule has 0 unspecified atom stereocenters. The summed E-state index contributed by atoms with van der Waals surface area (Å²) in [4.78, 5) is 0. The van der Waals surface area contributed by atoms with Gasteiger partial charge in [0.25, 0.3) is 0 Å². The Morgan fingerprint density at radius 1 is 0.647 bits per heavy atom. The molecule has 0 atom stereocenters. The van der Waals surface area contributed by atoms with Crippen LogP contribution in [0.3, 0.4) is 0 Å². The second kappa shape index (κ2) is 15.5. The quantitative estimate of drug-likeness (QED) is 0.277. The van der Waals surface area contributed by atoms with E-state index in [2.05, 4.69) is 38.2 Å². The summed E-state index contributed by atoms with van der Waals surface area (Å²) in [6, 6.07) is 0. The molecule has 0 spiro atoms. The average molecular weight is 235 g/mol. The van der Waals surface area contributed by atoms with E-state index in [0.717, 1.165) is 6.42 Å². The summed E-state index contributed by atoms with van der Waals surface area (Å²) >= 11 is 0. The van der Waals surface area contributed by atoms with Crippen LogP contribution in [0.15, 0.2) is 24.3 Å². The van der Waals surface area contributed by atoms with E-state index in [-0.39, 0.29) is 0 Å². The van der Waals surface area contributed by atoms with Crippen molar-refractivity contribution in [3.63, 3.8) is 0 Å². The first kappa shape index (κ1) is 16.5. The van der Waals surface area contributed by atoms with Gasteiger partial charge in [-0.2, -0.15) is 0 Å². The van der Waals surface area contributed by atoms with E-state index < -0.39 is 0 Å². The van der Waals surface area contributed by atoms with Crippen LogP contribution in [0.4, 0.5) is 0 Å². The molecule has 0 aromatic rings. The fourth-order valence-corrected chi connectivity index (χ4v) is 1.84. The summed E-state index contributed by atoms with van der Waals surface area (Å²) in [6.07, 6.45) is 23.5. The molecule has 1 radical (unpaired) electrons. The minimum absolute atomic E-state index is 1.07. The predicted molar refractivity (Wildman–Crippen MR) is 80.1 cm³/mol. The predicted octanol–water partition coefficient (Wildman–Crippen LogP) is 6.24. The van der Waals surface area contributed by atoms with Crippen molar-refractivity contribution >= 4 is 0 Å². The van der Waals surface area contributed by atoms with Crippen molar-refractivity contribution in [3.8, 4) is 0 Å². The largest absolute Gasteiger partial charge is 0.0888 e. The second-order valence-electron chi connectivity index (χ2n) is 4.69. The molecule has 0 amide bonds. The van der Waals surface area contributed by atoms with Crippen molar-refractivity contribution in [1.82, 2.24) is 0 Å². The Balaban J connectivity index is 3.03. The molecule has 0 bridgehead atoms. The SMILES string of the molecule is [CH2]CCC/C=C/CCCCCCC/C=C/CC. The van der Waals surface area contributed by atoms with Crippen LogP contribution in [0.1, 0.15) is 77.6 Å². The van der Waals surface area contributed by atoms with Crippen LogP contribution in [0.25, 0.3) is 0 Å². The molecule has 0 aliphatic rings. The van der Waals surface area contributed by atoms with Crippen molar-refractivity contribution in [1.29, 1.82) is 0 Å². The van der Waals surface area contributed by atoms with Gasteiger partial charge in [0, 0.05) is 0 Å². The first-order valence-electron chi connectivity index (χ1n) is 7.51. The van der Waals surface area contributed by atoms with Crippen molar-refractivity contribution < 1.29 is 0 Å². The van der Waals surface area contributed by atoms with E-state index in [0.29, 0.717) is 0 Å². The van der Waals surface area contributed by atoms with Gasteiger partial charge < -0.3 is 0 Å². The van der Waals surface area contributed by atoms with Crippen molar-refractivity contribution in [2.24, 2.45) is 0 Å². The Morgan fingerprint density at radius 3 is 1.65 bits per heavy atom. The lowest BCUT2D eigenvalue weighted by atomic mass is 10.1. The molecule has 0 aliphatic heterocycles. The zero-order chi connectivity index (χ0) is 12.6. The molecule has 0 nitrogen and oxygen atoms in total. The molecule has 0 heterocycles. The summed E-state index contributed by atoms with van der Waals surface area (Å²) < 4.78 is 0. The standard InChI is InChI=1S/C17H31/c1-3-5-7-9-11-13-15-17-16-14-12-10-8-6-4-2/h6,8-9,11H,1,3-5,7,10,12-17H2,2H3/b8-6+,11-9+. The zero-order valence-corrected chi connectivity index (χ0v) is 11.8. The molecule has 0 aromatic carbocycles. The lowest BCUT2D eigenvalue weighted by Crippen LogP contribution is -1.78. The number of hydrogen-bond donors (Lipinski definition) is 0. The van der Waals surface area contributed by atoms with Gasteiger partial charge in [-0.15, -0.1) is 0 Å². The summed E-state index contributed by atoms with van der Waals surface area (Å²) in [6.45, 7) is 6.04. The van der Waals surface area contributed by atoms with Crippen LogP contribution in [-0.4, -0.2) is 0 Å². The van der Waals surface area contributed by atoms with Gasteiger partial charge in [0.05, 0.1) is 0 Å². The molecule has 0 saturated heterocycles. The van der Waals surface area contributed by atoms with Crippen molar-refractivity contribution in [2.75, 3.05) is 0 Å². The smallest absolute Gasteiger partial charge is 0.0351 e. The van der Waals surface area contributed by atoms with Crippen molar-refractivity contribution in [2.45, 2.75) is 77.6 Å². The Kier molecular flexibility index (Phi) is 15.0. The minimum Gasteiger partial charge on any atom is -0.0888 e. The van der Waals surface area contributed by atoms with Crippen molar-refractivity contribution in [3.05, 3.63) is 31.2 Å². The fourth-order valence-electron chi connectivity index (χ4n) is 1.84. The number of allylic oxidation sites excluding steroid dienone is 4. The summed E-state index contributed by atoms with van der Waals surface area (Å²) in [5.74, 6) is 0. The van der Waals surface area contributed by atoms with Gasteiger partial charge >= 0.3 is 0 Å². The molecule has 0 heteroatoms. The molecule has 0 rings (SSSR count). The molecule has 0 saturated carbocycles. The summed E-state index contributed by atoms with van der Waals surface area (Å²) in [5.41, 5.74) is 0. The van der Waals surface area contributed by atoms with Gasteiger partial charge in [0.15, 0.2) is 0 Å². The Labute approximate surface area is 109 Å². The average Bonchev–Trinajstić information content (AvgIpc) is 2.35. The Morgan fingerprint density at radius 2 is 1.12 bits per heavy atom. The van der Waals surface area contributed by atoms with E-state index >= 15 is 0 Å². The molecule has 0 aliphatic carbocycles. The molecule has 99 valence electrons. The zero-order valence-electron chi connectivity index (χ0n) is 11.8. The van der Waals surface area contributed by atoms with E-state index in [4.69, 9.17) is 0 Å². The third kappa shape index (κ3) is 15.5. The van der Waals surface area contributed by atoms with E-state index in [1.54, 1.807) is 0 Å². The van der Waals surface area contributed by atoms with Gasteiger partial charge in [-0.1, -0.05) is 63.8 Å². The summed E-state index contributed by atoms with van der Waals surface area (Å²) in [7, 11) is 0. The second-order valence-corrected chi connectivity index (χ2v) is 4.69. The molecule has 0 fully saturated rings. The third-order valence-corrected chi connectivity index (χ3v) is 2.93. The number of hydrogen-bond acceptors (Lipinski definition) is 0. The van der Waals surface area contributed by atoms with E-state index in [9.17, 15) is 0 Å². The highest BCUT2D eigenvalue weighted by Gasteiger charge is 1.88. The van der Waals surface area contributed by atoms with Crippen LogP contribution >= 0.6 is 0 Å². The highest BCUT2D eigenvalue weighted by Crippen LogP contribution is 2.08. The molecular formula is C17H31. The Hall–Kier alpha value is -0.520. The van der Waals surface area contributed by atoms with Gasteiger partial charge in [0.2, 0.25) is 0 Å². The summed E-state index contributed by atoms with van der Waals surface area (Å²) in [5, 5.41) is 0. The normalized spacial score (nSPS) is 11.9. The fraction of sp³-hybridized carbons (Fsp3) is 0.706. The van der Waals surface area contributed by atoms with Crippen LogP contribution in [0.5, 0.6) is 0 Å². The molecular weight excluding hydrogens is 204 g/mol. The number of unbranched alkanes of at least 4 members (excludes halogenated alkanes) is 8. The van der Waals surface area contributed by atoms with E-state index in [1.807, 2.05) is 0 Å². The third-order valence-electron chi connectivity index (χ3n) is 2.93. The van der Waals surface area contributed by atoms with Gasteiger partial charge in [0.1, 0.15) is 0 Å². The maximum atomic E-state index is 3.84. The van der Waals surface area contributed by atoms with Crippen LogP contribution in [-0.2, 0) is 0 Å². The maximum Gasteiger partial charge on any atom is -0.0351 e. The highest BCUT2D eigenvalue weighted by molar-refractivity contribution is 4.81. The lowest BCUT2D eigenvalue weighted by molar-refractivity contribution is 0.621. The maximum absolute atomic E-state index is 3.84. The van der Waals surface area contributed by atoms with Gasteiger partial charge in [-0.05, 0) is 44.9 Å². The van der Waals surface area contributed by atoms with Gasteiger partial charge in [-0.25, -0.2) is 0 Å². The van der Waals surface area contributed by atoms with Crippen LogP contribution in [0.2, 0.25) is 0 Å². The lowest BCUT2D eigenvalue weighted by Gasteiger charge is -1.98. The topological polar surface area (TPSA) is 0 Å². The highest BCUT2D eigenvalue weighted by atomic mass is 13.9. The monoisotopic (exact) mass is 235 g/mol. The molecule has 0 aromatic heterocycles. The van der Waals surface area contributed by atoms with E-state index in [1.165, 1.54) is 64.2 Å². The Bertz CT molecular complexity index is 176. The first-order chi connectivity index (χ1) is 8.41. The van der Waals surface area contributed by atoms with Crippen LogP contribution < -0.4 is 0 Å². The number of rotatable bonds is 12. The first-order valence-corrected chi connectivity index (χ1v) is 7.51.